The van der Waals surface area contributed by atoms with E-state index in [4.69, 9.17) is 9.15 Å². The zero-order chi connectivity index (χ0) is 22.9. The molecule has 0 fully saturated rings. The van der Waals surface area contributed by atoms with E-state index in [9.17, 15) is 25.2 Å². The van der Waals surface area contributed by atoms with Crippen LogP contribution in [0.4, 0.5) is 0 Å². The molecule has 0 aliphatic carbocycles. The Bertz CT molecular complexity index is 1280. The van der Waals surface area contributed by atoms with E-state index in [1.807, 2.05) is 19.9 Å². The van der Waals surface area contributed by atoms with Gasteiger partial charge < -0.3 is 29.6 Å². The Morgan fingerprint density at radius 3 is 2.19 bits per heavy atom. The fraction of sp³-hybridized carbons (Fsp3) is 0.292. The molecule has 3 aromatic rings. The third-order valence-electron chi connectivity index (χ3n) is 5.17. The van der Waals surface area contributed by atoms with Crippen LogP contribution in [0.5, 0.6) is 23.0 Å². The molecule has 164 valence electrons. The molecule has 0 spiro atoms. The van der Waals surface area contributed by atoms with Crippen LogP contribution in [0.15, 0.2) is 44.6 Å². The van der Waals surface area contributed by atoms with Crippen LogP contribution >= 0.6 is 0 Å². The van der Waals surface area contributed by atoms with Gasteiger partial charge in [0.1, 0.15) is 28.1 Å². The van der Waals surface area contributed by atoms with Gasteiger partial charge >= 0.3 is 0 Å². The summed E-state index contributed by atoms with van der Waals surface area (Å²) < 4.78 is 11.1. The van der Waals surface area contributed by atoms with Crippen LogP contribution in [0.1, 0.15) is 31.9 Å². The molecule has 0 saturated heterocycles. The minimum Gasteiger partial charge on any atom is -0.507 e. The summed E-state index contributed by atoms with van der Waals surface area (Å²) in [4.78, 5) is 13.5. The van der Waals surface area contributed by atoms with E-state index in [0.29, 0.717) is 17.6 Å². The number of aromatic hydroxyl groups is 3. The number of hydrogen-bond acceptors (Lipinski definition) is 7. The average Bonchev–Trinajstić information content (AvgIpc) is 2.70. The molecule has 2 aromatic carbocycles. The number of hydrogen-bond donors (Lipinski definition) is 4. The molecule has 0 saturated carbocycles. The summed E-state index contributed by atoms with van der Waals surface area (Å²) in [6.07, 6.45) is 3.99. The van der Waals surface area contributed by atoms with Crippen molar-refractivity contribution in [3.8, 4) is 23.0 Å². The Balaban J connectivity index is 2.41. The van der Waals surface area contributed by atoms with Crippen molar-refractivity contribution in [1.82, 2.24) is 0 Å². The van der Waals surface area contributed by atoms with Gasteiger partial charge in [-0.25, -0.2) is 0 Å². The molecule has 1 heterocycles. The molecule has 0 unspecified atom stereocenters. The summed E-state index contributed by atoms with van der Waals surface area (Å²) in [5, 5.41) is 40.9. The van der Waals surface area contributed by atoms with E-state index < -0.39 is 5.43 Å². The molecule has 0 bridgehead atoms. The quantitative estimate of drug-likeness (QED) is 0.346. The number of methoxy groups -OCH3 is 1. The average molecular weight is 426 g/mol. The number of rotatable bonds is 6. The summed E-state index contributed by atoms with van der Waals surface area (Å²) in [6.45, 7) is 5.39. The lowest BCUT2D eigenvalue weighted by Gasteiger charge is -2.14. The Morgan fingerprint density at radius 2 is 1.58 bits per heavy atom. The SMILES string of the molecule is COc1c(O)cc2oc3cc(O)c(CC=C(C)CO)c(O)c3c(=O)c2c1CC=C(C)C. The Morgan fingerprint density at radius 1 is 0.968 bits per heavy atom. The summed E-state index contributed by atoms with van der Waals surface area (Å²) >= 11 is 0. The Labute approximate surface area is 179 Å². The highest BCUT2D eigenvalue weighted by Gasteiger charge is 2.23. The third-order valence-corrected chi connectivity index (χ3v) is 5.17. The van der Waals surface area contributed by atoms with Gasteiger partial charge in [-0.1, -0.05) is 23.3 Å². The van der Waals surface area contributed by atoms with Crippen molar-refractivity contribution >= 4 is 21.9 Å². The molecular formula is C24H26O7. The maximum absolute atomic E-state index is 13.5. The predicted octanol–water partition coefficient (Wildman–Crippen LogP) is 4.06. The van der Waals surface area contributed by atoms with E-state index in [0.717, 1.165) is 5.57 Å². The number of benzene rings is 2. The first-order chi connectivity index (χ1) is 14.7. The lowest BCUT2D eigenvalue weighted by molar-refractivity contribution is 0.331. The fourth-order valence-corrected chi connectivity index (χ4v) is 3.49. The van der Waals surface area contributed by atoms with Crippen molar-refractivity contribution in [2.45, 2.75) is 33.6 Å². The van der Waals surface area contributed by atoms with E-state index in [2.05, 4.69) is 0 Å². The van der Waals surface area contributed by atoms with E-state index >= 15 is 0 Å². The minimum absolute atomic E-state index is 0.00293. The lowest BCUT2D eigenvalue weighted by Crippen LogP contribution is -2.08. The second kappa shape index (κ2) is 8.73. The van der Waals surface area contributed by atoms with Crippen molar-refractivity contribution in [2.75, 3.05) is 13.7 Å². The van der Waals surface area contributed by atoms with Crippen LogP contribution in [-0.2, 0) is 12.8 Å². The number of aliphatic hydroxyl groups excluding tert-OH is 1. The highest BCUT2D eigenvalue weighted by Crippen LogP contribution is 2.40. The van der Waals surface area contributed by atoms with Crippen molar-refractivity contribution in [3.63, 3.8) is 0 Å². The van der Waals surface area contributed by atoms with Gasteiger partial charge in [0.25, 0.3) is 0 Å². The van der Waals surface area contributed by atoms with Gasteiger partial charge in [0.2, 0.25) is 5.43 Å². The number of fused-ring (bicyclic) bond motifs is 2. The molecule has 3 rings (SSSR count). The normalized spacial score (nSPS) is 11.8. The number of aliphatic hydroxyl groups is 1. The molecule has 31 heavy (non-hydrogen) atoms. The molecular weight excluding hydrogens is 400 g/mol. The van der Waals surface area contributed by atoms with Gasteiger partial charge in [0.15, 0.2) is 11.5 Å². The summed E-state index contributed by atoms with van der Waals surface area (Å²) in [6, 6.07) is 2.56. The Kier molecular flexibility index (Phi) is 6.27. The molecule has 0 amide bonds. The largest absolute Gasteiger partial charge is 0.507 e. The van der Waals surface area contributed by atoms with Crippen molar-refractivity contribution < 1.29 is 29.6 Å². The van der Waals surface area contributed by atoms with Gasteiger partial charge in [-0.15, -0.1) is 0 Å². The van der Waals surface area contributed by atoms with Crippen LogP contribution in [-0.4, -0.2) is 34.1 Å². The maximum atomic E-state index is 13.5. The number of ether oxygens (including phenoxy) is 1. The van der Waals surface area contributed by atoms with Gasteiger partial charge in [-0.3, -0.25) is 4.79 Å². The van der Waals surface area contributed by atoms with Crippen molar-refractivity contribution in [1.29, 1.82) is 0 Å². The molecule has 4 N–H and O–H groups in total. The fourth-order valence-electron chi connectivity index (χ4n) is 3.49. The first kappa shape index (κ1) is 22.2. The zero-order valence-corrected chi connectivity index (χ0v) is 17.9. The maximum Gasteiger partial charge on any atom is 0.204 e. The van der Waals surface area contributed by atoms with E-state index in [1.165, 1.54) is 19.2 Å². The van der Waals surface area contributed by atoms with E-state index in [-0.39, 0.29) is 63.5 Å². The minimum atomic E-state index is -0.492. The van der Waals surface area contributed by atoms with Crippen LogP contribution in [0, 0.1) is 0 Å². The lowest BCUT2D eigenvalue weighted by atomic mass is 9.98. The van der Waals surface area contributed by atoms with Crippen LogP contribution in [0.25, 0.3) is 21.9 Å². The standard InChI is InChI=1S/C24H26O7/c1-12(2)5-7-15-20-18(10-17(27)24(15)30-4)31-19-9-16(26)14(8-6-13(3)11-25)22(28)21(19)23(20)29/h5-6,9-10,25-28H,7-8,11H2,1-4H3. The zero-order valence-electron chi connectivity index (χ0n) is 17.9. The second-order valence-corrected chi connectivity index (χ2v) is 7.71. The van der Waals surface area contributed by atoms with Crippen molar-refractivity contribution in [2.24, 2.45) is 0 Å². The molecule has 1 aromatic heterocycles. The highest BCUT2D eigenvalue weighted by atomic mass is 16.5. The first-order valence-electron chi connectivity index (χ1n) is 9.82. The van der Waals surface area contributed by atoms with E-state index in [1.54, 1.807) is 13.0 Å². The van der Waals surface area contributed by atoms with Crippen LogP contribution in [0.2, 0.25) is 0 Å². The van der Waals surface area contributed by atoms with Gasteiger partial charge in [0.05, 0.1) is 19.1 Å². The molecule has 0 aliphatic rings. The predicted molar refractivity (Wildman–Crippen MR) is 119 cm³/mol. The first-order valence-corrected chi connectivity index (χ1v) is 9.82. The summed E-state index contributed by atoms with van der Waals surface area (Å²) in [5.74, 6) is -0.634. The molecule has 0 atom stereocenters. The second-order valence-electron chi connectivity index (χ2n) is 7.71. The van der Waals surface area contributed by atoms with Crippen LogP contribution < -0.4 is 10.2 Å². The number of phenolic OH excluding ortho intramolecular Hbond substituents is 3. The smallest absolute Gasteiger partial charge is 0.204 e. The third kappa shape index (κ3) is 4.09. The van der Waals surface area contributed by atoms with Gasteiger partial charge in [-0.2, -0.15) is 0 Å². The molecule has 0 aliphatic heterocycles. The van der Waals surface area contributed by atoms with Crippen molar-refractivity contribution in [3.05, 3.63) is 56.8 Å². The molecule has 7 heteroatoms. The van der Waals surface area contributed by atoms with Gasteiger partial charge in [-0.05, 0) is 33.6 Å². The summed E-state index contributed by atoms with van der Waals surface area (Å²) in [7, 11) is 1.40. The summed E-state index contributed by atoms with van der Waals surface area (Å²) in [5.41, 5.74) is 1.90. The van der Waals surface area contributed by atoms with Gasteiger partial charge in [0, 0.05) is 23.3 Å². The molecule has 0 radical (unpaired) electrons. The monoisotopic (exact) mass is 426 g/mol. The number of allylic oxidation sites excluding steroid dienone is 3. The van der Waals surface area contributed by atoms with Crippen LogP contribution in [0.3, 0.4) is 0 Å². The topological polar surface area (TPSA) is 120 Å². The Hall–Kier alpha value is -3.45. The molecule has 7 nitrogen and oxygen atoms in total. The number of phenols is 3. The highest BCUT2D eigenvalue weighted by molar-refractivity contribution is 5.97.